The van der Waals surface area contributed by atoms with E-state index in [0.717, 1.165) is 20.9 Å². The zero-order valence-corrected chi connectivity index (χ0v) is 15.7. The maximum Gasteiger partial charge on any atom is 0.333 e. The highest BCUT2D eigenvalue weighted by Crippen LogP contribution is 2.27. The molecule has 0 spiro atoms. The average Bonchev–Trinajstić information content (AvgIpc) is 2.74. The fraction of sp³-hybridized carbons (Fsp3) is 0. The molecule has 29 heavy (non-hydrogen) atoms. The molecule has 0 bridgehead atoms. The second kappa shape index (κ2) is 6.68. The van der Waals surface area contributed by atoms with E-state index in [2.05, 4.69) is 15.0 Å². The summed E-state index contributed by atoms with van der Waals surface area (Å²) in [6.45, 7) is 0. The van der Waals surface area contributed by atoms with Crippen molar-refractivity contribution in [1.82, 2.24) is 19.5 Å². The van der Waals surface area contributed by atoms with Gasteiger partial charge in [0, 0.05) is 33.8 Å². The van der Waals surface area contributed by atoms with Gasteiger partial charge in [-0.15, -0.1) is 0 Å². The number of hydrogen-bond donors (Lipinski definition) is 1. The number of H-pyrrole nitrogens is 1. The Labute approximate surface area is 169 Å². The van der Waals surface area contributed by atoms with E-state index in [-0.39, 0.29) is 0 Å². The summed E-state index contributed by atoms with van der Waals surface area (Å²) in [5, 5.41) is 2.43. The van der Waals surface area contributed by atoms with Gasteiger partial charge in [0.2, 0.25) is 0 Å². The summed E-state index contributed by atoms with van der Waals surface area (Å²) in [7, 11) is 0. The van der Waals surface area contributed by atoms with Crippen molar-refractivity contribution in [1.29, 1.82) is 0 Å². The molecule has 5 rings (SSSR count). The molecule has 5 aromatic rings. The second-order valence-electron chi connectivity index (χ2n) is 6.55. The van der Waals surface area contributed by atoms with Crippen molar-refractivity contribution < 1.29 is 0 Å². The molecule has 0 saturated carbocycles. The van der Waals surface area contributed by atoms with Crippen molar-refractivity contribution in [3.63, 3.8) is 0 Å². The van der Waals surface area contributed by atoms with Crippen LogP contribution in [0, 0.1) is 0 Å². The molecule has 0 unspecified atom stereocenters. The van der Waals surface area contributed by atoms with Crippen molar-refractivity contribution in [2.24, 2.45) is 0 Å². The van der Waals surface area contributed by atoms with Crippen LogP contribution in [0.5, 0.6) is 0 Å². The predicted molar refractivity (Wildman–Crippen MR) is 114 cm³/mol. The van der Waals surface area contributed by atoms with E-state index in [1.54, 1.807) is 18.3 Å². The summed E-state index contributed by atoms with van der Waals surface area (Å²) >= 11 is 6.25. The zero-order chi connectivity index (χ0) is 20.0. The van der Waals surface area contributed by atoms with E-state index >= 15 is 0 Å². The summed E-state index contributed by atoms with van der Waals surface area (Å²) in [5.41, 5.74) is 1.11. The van der Waals surface area contributed by atoms with Gasteiger partial charge in [0.1, 0.15) is 0 Å². The Balaban J connectivity index is 1.78. The lowest BCUT2D eigenvalue weighted by Gasteiger charge is -2.10. The third kappa shape index (κ3) is 2.81. The number of aromatic amines is 1. The van der Waals surface area contributed by atoms with Crippen molar-refractivity contribution in [2.45, 2.75) is 0 Å². The topological polar surface area (TPSA) is 80.6 Å². The number of halogens is 1. The molecule has 0 fully saturated rings. The first-order valence-electron chi connectivity index (χ1n) is 8.86. The van der Waals surface area contributed by atoms with Crippen molar-refractivity contribution in [3.05, 3.63) is 99.0 Å². The van der Waals surface area contributed by atoms with E-state index in [0.29, 0.717) is 27.3 Å². The number of rotatable bonds is 2. The van der Waals surface area contributed by atoms with Gasteiger partial charge in [0.25, 0.3) is 5.56 Å². The molecule has 0 atom stereocenters. The average molecular weight is 401 g/mol. The quantitative estimate of drug-likeness (QED) is 0.486. The Bertz CT molecular complexity index is 1520. The van der Waals surface area contributed by atoms with Crippen LogP contribution in [0.25, 0.3) is 38.6 Å². The van der Waals surface area contributed by atoms with Gasteiger partial charge in [-0.2, -0.15) is 0 Å². The van der Waals surface area contributed by atoms with Crippen LogP contribution in [-0.2, 0) is 0 Å². The van der Waals surface area contributed by atoms with Crippen LogP contribution < -0.4 is 11.2 Å². The van der Waals surface area contributed by atoms with Gasteiger partial charge in [-0.3, -0.25) is 14.8 Å². The van der Waals surface area contributed by atoms with Gasteiger partial charge < -0.3 is 4.98 Å². The van der Waals surface area contributed by atoms with Crippen LogP contribution >= 0.6 is 11.6 Å². The molecular weight excluding hydrogens is 388 g/mol. The highest BCUT2D eigenvalue weighted by Gasteiger charge is 2.14. The van der Waals surface area contributed by atoms with Gasteiger partial charge in [0.05, 0.1) is 28.5 Å². The maximum absolute atomic E-state index is 13.2. The lowest BCUT2D eigenvalue weighted by molar-refractivity contribution is 0.901. The van der Waals surface area contributed by atoms with E-state index in [9.17, 15) is 9.59 Å². The Morgan fingerprint density at radius 2 is 1.69 bits per heavy atom. The number of hydrogen-bond acceptors (Lipinski definition) is 4. The normalized spacial score (nSPS) is 11.2. The van der Waals surface area contributed by atoms with E-state index < -0.39 is 11.2 Å². The highest BCUT2D eigenvalue weighted by atomic mass is 35.5. The van der Waals surface area contributed by atoms with E-state index in [4.69, 9.17) is 11.6 Å². The first kappa shape index (κ1) is 17.3. The smallest absolute Gasteiger partial charge is 0.306 e. The first-order valence-corrected chi connectivity index (χ1v) is 9.24. The van der Waals surface area contributed by atoms with Crippen LogP contribution in [-0.4, -0.2) is 19.5 Å². The second-order valence-corrected chi connectivity index (χ2v) is 6.95. The molecule has 3 aromatic heterocycles. The van der Waals surface area contributed by atoms with Crippen molar-refractivity contribution in [3.8, 4) is 16.9 Å². The Morgan fingerprint density at radius 3 is 2.55 bits per heavy atom. The van der Waals surface area contributed by atoms with Crippen LogP contribution in [0.3, 0.4) is 0 Å². The summed E-state index contributed by atoms with van der Waals surface area (Å²) in [4.78, 5) is 37.4. The summed E-state index contributed by atoms with van der Waals surface area (Å²) in [6, 6.07) is 16.4. The molecule has 0 aliphatic rings. The summed E-state index contributed by atoms with van der Waals surface area (Å²) in [5.74, 6) is 0. The molecule has 0 amide bonds. The molecule has 0 radical (unpaired) electrons. The first-order chi connectivity index (χ1) is 14.1. The number of aromatic nitrogens is 4. The summed E-state index contributed by atoms with van der Waals surface area (Å²) < 4.78 is 1.09. The molecule has 0 aliphatic carbocycles. The molecule has 0 saturated heterocycles. The number of pyridine rings is 2. The van der Waals surface area contributed by atoms with Crippen molar-refractivity contribution >= 4 is 33.3 Å². The maximum atomic E-state index is 13.2. The van der Waals surface area contributed by atoms with Gasteiger partial charge in [-0.25, -0.2) is 9.36 Å². The van der Waals surface area contributed by atoms with Crippen LogP contribution in [0.4, 0.5) is 0 Å². The molecule has 2 aromatic carbocycles. The SMILES string of the molecule is O=c1[nH]c2cc(-c3ccccc3Cl)ncc2c(=O)n1-c1cncc2ccccc12. The minimum absolute atomic E-state index is 0.299. The molecule has 140 valence electrons. The van der Waals surface area contributed by atoms with Gasteiger partial charge in [0.15, 0.2) is 0 Å². The largest absolute Gasteiger partial charge is 0.333 e. The third-order valence-electron chi connectivity index (χ3n) is 4.82. The number of fused-ring (bicyclic) bond motifs is 2. The Morgan fingerprint density at radius 1 is 0.897 bits per heavy atom. The van der Waals surface area contributed by atoms with Crippen LogP contribution in [0.1, 0.15) is 0 Å². The molecule has 6 nitrogen and oxygen atoms in total. The molecule has 0 aliphatic heterocycles. The lowest BCUT2D eigenvalue weighted by atomic mass is 10.1. The number of benzene rings is 2. The fourth-order valence-corrected chi connectivity index (χ4v) is 3.66. The van der Waals surface area contributed by atoms with Crippen LogP contribution in [0.2, 0.25) is 5.02 Å². The zero-order valence-electron chi connectivity index (χ0n) is 15.0. The highest BCUT2D eigenvalue weighted by molar-refractivity contribution is 6.33. The molecular formula is C22H13ClN4O2. The number of nitrogens with zero attached hydrogens (tertiary/aromatic N) is 3. The Hall–Kier alpha value is -3.77. The molecule has 3 heterocycles. The third-order valence-corrected chi connectivity index (χ3v) is 5.15. The number of nitrogens with one attached hydrogen (secondary N) is 1. The van der Waals surface area contributed by atoms with E-state index in [1.807, 2.05) is 42.5 Å². The Kier molecular flexibility index (Phi) is 4.00. The molecule has 7 heteroatoms. The minimum Gasteiger partial charge on any atom is -0.306 e. The van der Waals surface area contributed by atoms with Gasteiger partial charge in [-0.05, 0) is 12.1 Å². The van der Waals surface area contributed by atoms with Crippen LogP contribution in [0.15, 0.2) is 82.8 Å². The monoisotopic (exact) mass is 400 g/mol. The van der Waals surface area contributed by atoms with Gasteiger partial charge in [-0.1, -0.05) is 54.1 Å². The predicted octanol–water partition coefficient (Wildman–Crippen LogP) is 3.94. The minimum atomic E-state index is -0.544. The van der Waals surface area contributed by atoms with E-state index in [1.165, 1.54) is 12.4 Å². The van der Waals surface area contributed by atoms with Crippen molar-refractivity contribution in [2.75, 3.05) is 0 Å². The lowest BCUT2D eigenvalue weighted by Crippen LogP contribution is -2.33. The molecule has 1 N–H and O–H groups in total. The fourth-order valence-electron chi connectivity index (χ4n) is 3.43. The standard InChI is InChI=1S/C22H13ClN4O2/c23-17-8-4-3-7-15(17)18-9-19-16(11-25-18)21(28)27(22(29)26-19)20-12-24-10-13-5-1-2-6-14(13)20/h1-12H,(H,26,29). The van der Waals surface area contributed by atoms with Gasteiger partial charge >= 0.3 is 5.69 Å². The summed E-state index contributed by atoms with van der Waals surface area (Å²) in [6.07, 6.45) is 4.66.